The Kier molecular flexibility index (Phi) is 4.69. The van der Waals surface area contributed by atoms with Gasteiger partial charge in [-0.05, 0) is 76.3 Å². The van der Waals surface area contributed by atoms with Crippen LogP contribution < -0.4 is 15.4 Å². The molecule has 3 atom stereocenters. The quantitative estimate of drug-likeness (QED) is 0.864. The summed E-state index contributed by atoms with van der Waals surface area (Å²) in [6, 6.07) is 9.79. The van der Waals surface area contributed by atoms with Gasteiger partial charge in [0.15, 0.2) is 0 Å². The van der Waals surface area contributed by atoms with Gasteiger partial charge in [-0.2, -0.15) is 0 Å². The highest BCUT2D eigenvalue weighted by Gasteiger charge is 2.34. The second-order valence-corrected chi connectivity index (χ2v) is 6.74. The maximum absolute atomic E-state index is 5.70. The second kappa shape index (κ2) is 6.69. The van der Waals surface area contributed by atoms with Crippen LogP contribution in [0.5, 0.6) is 5.75 Å². The summed E-state index contributed by atoms with van der Waals surface area (Å²) in [6.07, 6.45) is 6.95. The molecule has 3 heteroatoms. The Bertz CT molecular complexity index is 437. The molecule has 1 aliphatic carbocycles. The number of benzene rings is 1. The number of hydrogen-bond donors (Lipinski definition) is 2. The third kappa shape index (κ3) is 3.70. The Balaban J connectivity index is 1.59. The Morgan fingerprint density at radius 3 is 2.57 bits per heavy atom. The molecule has 1 saturated carbocycles. The molecule has 2 aliphatic rings. The van der Waals surface area contributed by atoms with Gasteiger partial charge in [0.1, 0.15) is 5.75 Å². The Morgan fingerprint density at radius 2 is 1.90 bits per heavy atom. The van der Waals surface area contributed by atoms with E-state index in [0.29, 0.717) is 6.04 Å². The molecule has 0 amide bonds. The fourth-order valence-electron chi connectivity index (χ4n) is 3.84. The summed E-state index contributed by atoms with van der Waals surface area (Å²) < 4.78 is 5.70. The Labute approximate surface area is 128 Å². The van der Waals surface area contributed by atoms with E-state index in [2.05, 4.69) is 48.7 Å². The van der Waals surface area contributed by atoms with Crippen molar-refractivity contribution in [3.63, 3.8) is 0 Å². The van der Waals surface area contributed by atoms with Gasteiger partial charge >= 0.3 is 0 Å². The first kappa shape index (κ1) is 14.7. The van der Waals surface area contributed by atoms with Crippen LogP contribution in [0.4, 0.5) is 5.69 Å². The molecule has 21 heavy (non-hydrogen) atoms. The molecular weight excluding hydrogens is 260 g/mol. The SMILES string of the molecule is CC(C)Oc1ccc(NC2CCCC2C2CCCN2)cc1. The van der Waals surface area contributed by atoms with E-state index in [1.165, 1.54) is 44.3 Å². The maximum atomic E-state index is 5.70. The second-order valence-electron chi connectivity index (χ2n) is 6.74. The molecule has 1 saturated heterocycles. The van der Waals surface area contributed by atoms with Crippen LogP contribution in [0.3, 0.4) is 0 Å². The molecule has 0 aromatic heterocycles. The molecule has 1 aliphatic heterocycles. The Hall–Kier alpha value is -1.22. The standard InChI is InChI=1S/C18H28N2O/c1-13(2)21-15-10-8-14(9-11-15)20-18-6-3-5-16(18)17-7-4-12-19-17/h8-11,13,16-20H,3-7,12H2,1-2H3. The van der Waals surface area contributed by atoms with Gasteiger partial charge in [0.25, 0.3) is 0 Å². The van der Waals surface area contributed by atoms with Gasteiger partial charge in [-0.25, -0.2) is 0 Å². The van der Waals surface area contributed by atoms with E-state index in [-0.39, 0.29) is 6.10 Å². The first-order valence-corrected chi connectivity index (χ1v) is 8.49. The minimum atomic E-state index is 0.233. The molecule has 1 aromatic carbocycles. The molecule has 1 heterocycles. The molecule has 3 unspecified atom stereocenters. The molecule has 3 rings (SSSR count). The Morgan fingerprint density at radius 1 is 1.10 bits per heavy atom. The van der Waals surface area contributed by atoms with Crippen LogP contribution in [0, 0.1) is 5.92 Å². The summed E-state index contributed by atoms with van der Waals surface area (Å²) in [7, 11) is 0. The smallest absolute Gasteiger partial charge is 0.119 e. The van der Waals surface area contributed by atoms with E-state index in [1.54, 1.807) is 0 Å². The van der Waals surface area contributed by atoms with Gasteiger partial charge < -0.3 is 15.4 Å². The van der Waals surface area contributed by atoms with Gasteiger partial charge in [0.2, 0.25) is 0 Å². The van der Waals surface area contributed by atoms with E-state index in [0.717, 1.165) is 17.7 Å². The van der Waals surface area contributed by atoms with Crippen LogP contribution in [0.25, 0.3) is 0 Å². The number of rotatable bonds is 5. The zero-order valence-corrected chi connectivity index (χ0v) is 13.3. The first-order chi connectivity index (χ1) is 10.2. The summed E-state index contributed by atoms with van der Waals surface area (Å²) >= 11 is 0. The normalized spacial score (nSPS) is 29.0. The topological polar surface area (TPSA) is 33.3 Å². The summed E-state index contributed by atoms with van der Waals surface area (Å²) in [5.41, 5.74) is 1.22. The zero-order valence-electron chi connectivity index (χ0n) is 13.3. The molecule has 0 bridgehead atoms. The summed E-state index contributed by atoms with van der Waals surface area (Å²) in [6.45, 7) is 5.32. The van der Waals surface area contributed by atoms with Gasteiger partial charge in [-0.15, -0.1) is 0 Å². The van der Waals surface area contributed by atoms with E-state index < -0.39 is 0 Å². The van der Waals surface area contributed by atoms with E-state index in [9.17, 15) is 0 Å². The van der Waals surface area contributed by atoms with Crippen molar-refractivity contribution in [1.82, 2.24) is 5.32 Å². The monoisotopic (exact) mass is 288 g/mol. The third-order valence-electron chi connectivity index (χ3n) is 4.76. The molecule has 2 fully saturated rings. The van der Waals surface area contributed by atoms with Crippen molar-refractivity contribution in [2.24, 2.45) is 5.92 Å². The summed E-state index contributed by atoms with van der Waals surface area (Å²) in [5.74, 6) is 1.75. The molecule has 1 aromatic rings. The van der Waals surface area contributed by atoms with Crippen LogP contribution in [-0.2, 0) is 0 Å². The molecule has 0 radical (unpaired) electrons. The van der Waals surface area contributed by atoms with Crippen molar-refractivity contribution in [3.05, 3.63) is 24.3 Å². The minimum Gasteiger partial charge on any atom is -0.491 e. The van der Waals surface area contributed by atoms with E-state index in [1.807, 2.05) is 0 Å². The molecule has 116 valence electrons. The van der Waals surface area contributed by atoms with Crippen LogP contribution >= 0.6 is 0 Å². The highest BCUT2D eigenvalue weighted by atomic mass is 16.5. The average molecular weight is 288 g/mol. The fourth-order valence-corrected chi connectivity index (χ4v) is 3.84. The molecule has 3 nitrogen and oxygen atoms in total. The lowest BCUT2D eigenvalue weighted by atomic mass is 9.93. The van der Waals surface area contributed by atoms with Crippen molar-refractivity contribution in [1.29, 1.82) is 0 Å². The van der Waals surface area contributed by atoms with Gasteiger partial charge in [0, 0.05) is 17.8 Å². The highest BCUT2D eigenvalue weighted by molar-refractivity contribution is 5.47. The predicted molar refractivity (Wildman–Crippen MR) is 88.0 cm³/mol. The maximum Gasteiger partial charge on any atom is 0.119 e. The third-order valence-corrected chi connectivity index (χ3v) is 4.76. The van der Waals surface area contributed by atoms with Crippen molar-refractivity contribution in [3.8, 4) is 5.75 Å². The summed E-state index contributed by atoms with van der Waals surface area (Å²) in [4.78, 5) is 0. The van der Waals surface area contributed by atoms with E-state index >= 15 is 0 Å². The number of anilines is 1. The largest absolute Gasteiger partial charge is 0.491 e. The number of hydrogen-bond acceptors (Lipinski definition) is 3. The van der Waals surface area contributed by atoms with Gasteiger partial charge in [-0.3, -0.25) is 0 Å². The van der Waals surface area contributed by atoms with Crippen LogP contribution in [0.2, 0.25) is 0 Å². The van der Waals surface area contributed by atoms with Crippen LogP contribution in [-0.4, -0.2) is 24.7 Å². The van der Waals surface area contributed by atoms with Crippen LogP contribution in [0.1, 0.15) is 46.0 Å². The molecule has 2 N–H and O–H groups in total. The average Bonchev–Trinajstić information content (AvgIpc) is 3.11. The van der Waals surface area contributed by atoms with Crippen molar-refractivity contribution >= 4 is 5.69 Å². The molecular formula is C18H28N2O. The summed E-state index contributed by atoms with van der Waals surface area (Å²) in [5, 5.41) is 7.44. The van der Waals surface area contributed by atoms with Crippen molar-refractivity contribution in [2.75, 3.05) is 11.9 Å². The minimum absolute atomic E-state index is 0.233. The van der Waals surface area contributed by atoms with Crippen LogP contribution in [0.15, 0.2) is 24.3 Å². The van der Waals surface area contributed by atoms with Gasteiger partial charge in [-0.1, -0.05) is 6.42 Å². The van der Waals surface area contributed by atoms with Crippen molar-refractivity contribution in [2.45, 2.75) is 64.1 Å². The lowest BCUT2D eigenvalue weighted by molar-refractivity contribution is 0.242. The lowest BCUT2D eigenvalue weighted by Crippen LogP contribution is -2.38. The van der Waals surface area contributed by atoms with Gasteiger partial charge in [0.05, 0.1) is 6.10 Å². The van der Waals surface area contributed by atoms with Crippen molar-refractivity contribution < 1.29 is 4.74 Å². The number of ether oxygens (including phenoxy) is 1. The first-order valence-electron chi connectivity index (χ1n) is 8.49. The molecule has 0 spiro atoms. The number of nitrogens with one attached hydrogen (secondary N) is 2. The predicted octanol–water partition coefficient (Wildman–Crippen LogP) is 3.81. The highest BCUT2D eigenvalue weighted by Crippen LogP contribution is 2.34. The fraction of sp³-hybridized carbons (Fsp3) is 0.667. The van der Waals surface area contributed by atoms with E-state index in [4.69, 9.17) is 4.74 Å². The zero-order chi connectivity index (χ0) is 14.7. The lowest BCUT2D eigenvalue weighted by Gasteiger charge is -2.27.